The maximum atomic E-state index is 12.9. The number of amides is 1. The molecule has 140 valence electrons. The van der Waals surface area contributed by atoms with Gasteiger partial charge in [-0.1, -0.05) is 23.7 Å². The highest BCUT2D eigenvalue weighted by atomic mass is 35.5. The van der Waals surface area contributed by atoms with Crippen LogP contribution in [0.1, 0.15) is 12.0 Å². The van der Waals surface area contributed by atoms with Gasteiger partial charge < -0.3 is 9.64 Å². The molecule has 26 heavy (non-hydrogen) atoms. The molecule has 9 heteroatoms. The number of ether oxygens (including phenoxy) is 1. The van der Waals surface area contributed by atoms with Crippen LogP contribution in [-0.4, -0.2) is 45.9 Å². The summed E-state index contributed by atoms with van der Waals surface area (Å²) >= 11 is 6.81. The maximum Gasteiger partial charge on any atom is 0.252 e. The van der Waals surface area contributed by atoms with Gasteiger partial charge in [0.15, 0.2) is 0 Å². The molecule has 1 aliphatic heterocycles. The molecule has 0 fully saturated rings. The molecule has 3 rings (SSSR count). The molecule has 2 aromatic rings. The summed E-state index contributed by atoms with van der Waals surface area (Å²) in [5.41, 5.74) is 1.76. The number of para-hydroxylation sites is 1. The average Bonchev–Trinajstić information content (AvgIpc) is 3.07. The van der Waals surface area contributed by atoms with Crippen LogP contribution >= 0.6 is 22.9 Å². The number of anilines is 1. The highest BCUT2D eigenvalue weighted by Crippen LogP contribution is 2.36. The number of hydrogen-bond acceptors (Lipinski definition) is 5. The zero-order valence-corrected chi connectivity index (χ0v) is 16.8. The minimum atomic E-state index is -3.76. The van der Waals surface area contributed by atoms with Crippen molar-refractivity contribution < 1.29 is 17.9 Å². The van der Waals surface area contributed by atoms with Gasteiger partial charge in [-0.25, -0.2) is 8.42 Å². The van der Waals surface area contributed by atoms with Gasteiger partial charge in [0, 0.05) is 13.6 Å². The van der Waals surface area contributed by atoms with E-state index in [1.54, 1.807) is 18.1 Å². The van der Waals surface area contributed by atoms with Crippen LogP contribution in [0, 0.1) is 0 Å². The Labute approximate surface area is 162 Å². The summed E-state index contributed by atoms with van der Waals surface area (Å²) in [4.78, 5) is 14.5. The first-order chi connectivity index (χ1) is 12.3. The largest absolute Gasteiger partial charge is 0.495 e. The second-order valence-electron chi connectivity index (χ2n) is 5.94. The highest BCUT2D eigenvalue weighted by Gasteiger charge is 2.30. The second-order valence-corrected chi connectivity index (χ2v) is 9.92. The van der Waals surface area contributed by atoms with Crippen LogP contribution in [0.15, 0.2) is 34.5 Å². The fourth-order valence-corrected chi connectivity index (χ4v) is 5.79. The third-order valence-corrected chi connectivity index (χ3v) is 7.77. The number of sulfonamides is 1. The number of hydrogen-bond donors (Lipinski definition) is 0. The van der Waals surface area contributed by atoms with Crippen LogP contribution in [0.2, 0.25) is 4.34 Å². The molecule has 0 atom stereocenters. The number of methoxy groups -OCH3 is 1. The summed E-state index contributed by atoms with van der Waals surface area (Å²) in [7, 11) is -0.800. The predicted molar refractivity (Wildman–Crippen MR) is 103 cm³/mol. The van der Waals surface area contributed by atoms with Gasteiger partial charge in [-0.3, -0.25) is 4.79 Å². The molecule has 1 aliphatic rings. The standard InChI is InChI=1S/C17H19ClN2O4S2/c1-19(26(22,23)16-9-8-14(18)25-16)11-15(21)20-10-4-6-12-5-3-7-13(24-2)17(12)20/h3,5,7-9H,4,6,10-11H2,1-2H3. The van der Waals surface area contributed by atoms with Crippen LogP contribution in [0.4, 0.5) is 5.69 Å². The molecule has 0 aliphatic carbocycles. The summed E-state index contributed by atoms with van der Waals surface area (Å²) < 4.78 is 32.2. The fourth-order valence-electron chi connectivity index (χ4n) is 2.98. The van der Waals surface area contributed by atoms with Gasteiger partial charge in [-0.2, -0.15) is 4.31 Å². The SMILES string of the molecule is COc1cccc2c1N(C(=O)CN(C)S(=O)(=O)c1ccc(Cl)s1)CCC2. The molecule has 1 aromatic carbocycles. The van der Waals surface area contributed by atoms with E-state index in [9.17, 15) is 13.2 Å². The molecule has 2 heterocycles. The first-order valence-electron chi connectivity index (χ1n) is 8.02. The predicted octanol–water partition coefficient (Wildman–Crippen LogP) is 3.01. The minimum Gasteiger partial charge on any atom is -0.495 e. The van der Waals surface area contributed by atoms with Crippen LogP contribution in [0.25, 0.3) is 0 Å². The van der Waals surface area contributed by atoms with E-state index in [-0.39, 0.29) is 16.7 Å². The van der Waals surface area contributed by atoms with Gasteiger partial charge in [0.1, 0.15) is 9.96 Å². The minimum absolute atomic E-state index is 0.120. The Kier molecular flexibility index (Phi) is 5.57. The Balaban J connectivity index is 1.84. The summed E-state index contributed by atoms with van der Waals surface area (Å²) in [6, 6.07) is 8.63. The molecule has 1 amide bonds. The second kappa shape index (κ2) is 7.56. The number of nitrogens with zero attached hydrogens (tertiary/aromatic N) is 2. The van der Waals surface area contributed by atoms with Crippen molar-refractivity contribution in [2.45, 2.75) is 17.1 Å². The van der Waals surface area contributed by atoms with E-state index in [2.05, 4.69) is 0 Å². The van der Waals surface area contributed by atoms with E-state index >= 15 is 0 Å². The van der Waals surface area contributed by atoms with E-state index < -0.39 is 10.0 Å². The van der Waals surface area contributed by atoms with Crippen molar-refractivity contribution in [1.82, 2.24) is 4.31 Å². The average molecular weight is 415 g/mol. The third kappa shape index (κ3) is 3.59. The number of carbonyl (C=O) groups excluding carboxylic acids is 1. The summed E-state index contributed by atoms with van der Waals surface area (Å²) in [6.07, 6.45) is 1.68. The first kappa shape index (κ1) is 19.2. The molecular weight excluding hydrogens is 396 g/mol. The van der Waals surface area contributed by atoms with Crippen LogP contribution < -0.4 is 9.64 Å². The topological polar surface area (TPSA) is 66.9 Å². The van der Waals surface area contributed by atoms with E-state index in [0.717, 1.165) is 39.7 Å². The summed E-state index contributed by atoms with van der Waals surface area (Å²) in [5, 5.41) is 0. The van der Waals surface area contributed by atoms with Crippen molar-refractivity contribution in [3.8, 4) is 5.75 Å². The lowest BCUT2D eigenvalue weighted by atomic mass is 10.0. The number of aryl methyl sites for hydroxylation is 1. The summed E-state index contributed by atoms with van der Waals surface area (Å²) in [5.74, 6) is 0.329. The molecule has 6 nitrogen and oxygen atoms in total. The van der Waals surface area contributed by atoms with Crippen molar-refractivity contribution in [2.75, 3.05) is 32.1 Å². The van der Waals surface area contributed by atoms with Crippen LogP contribution in [-0.2, 0) is 21.2 Å². The lowest BCUT2D eigenvalue weighted by molar-refractivity contribution is -0.118. The smallest absolute Gasteiger partial charge is 0.252 e. The Morgan fingerprint density at radius 1 is 1.35 bits per heavy atom. The molecule has 0 unspecified atom stereocenters. The number of thiophene rings is 1. The van der Waals surface area contributed by atoms with Crippen molar-refractivity contribution in [2.24, 2.45) is 0 Å². The monoisotopic (exact) mass is 414 g/mol. The van der Waals surface area contributed by atoms with E-state index in [0.29, 0.717) is 16.6 Å². The van der Waals surface area contributed by atoms with E-state index in [4.69, 9.17) is 16.3 Å². The fraction of sp³-hybridized carbons (Fsp3) is 0.353. The highest BCUT2D eigenvalue weighted by molar-refractivity contribution is 7.91. The number of benzene rings is 1. The molecule has 0 bridgehead atoms. The quantitative estimate of drug-likeness (QED) is 0.754. The Hall–Kier alpha value is -1.61. The number of fused-ring (bicyclic) bond motifs is 1. The molecule has 0 saturated heterocycles. The van der Waals surface area contributed by atoms with Crippen LogP contribution in [0.5, 0.6) is 5.75 Å². The molecule has 0 N–H and O–H groups in total. The maximum absolute atomic E-state index is 12.9. The Morgan fingerprint density at radius 3 is 2.77 bits per heavy atom. The Morgan fingerprint density at radius 2 is 2.12 bits per heavy atom. The number of likely N-dealkylation sites (N-methyl/N-ethyl adjacent to an activating group) is 1. The molecule has 0 spiro atoms. The normalized spacial score (nSPS) is 14.4. The first-order valence-corrected chi connectivity index (χ1v) is 10.7. The molecular formula is C17H19ClN2O4S2. The van der Waals surface area contributed by atoms with Gasteiger partial charge in [0.05, 0.1) is 23.7 Å². The molecule has 1 aromatic heterocycles. The number of halogens is 1. The van der Waals surface area contributed by atoms with Crippen molar-refractivity contribution in [3.63, 3.8) is 0 Å². The zero-order chi connectivity index (χ0) is 18.9. The summed E-state index contributed by atoms with van der Waals surface area (Å²) in [6.45, 7) is 0.278. The van der Waals surface area contributed by atoms with Crippen molar-refractivity contribution in [1.29, 1.82) is 0 Å². The van der Waals surface area contributed by atoms with E-state index in [1.807, 2.05) is 12.1 Å². The lowest BCUT2D eigenvalue weighted by Gasteiger charge is -2.32. The third-order valence-electron chi connectivity index (χ3n) is 4.27. The van der Waals surface area contributed by atoms with Gasteiger partial charge in [0.2, 0.25) is 5.91 Å². The van der Waals surface area contributed by atoms with Crippen molar-refractivity contribution in [3.05, 3.63) is 40.2 Å². The Bertz CT molecular complexity index is 912. The lowest BCUT2D eigenvalue weighted by Crippen LogP contribution is -2.43. The van der Waals surface area contributed by atoms with Crippen LogP contribution in [0.3, 0.4) is 0 Å². The van der Waals surface area contributed by atoms with Gasteiger partial charge in [0.25, 0.3) is 10.0 Å². The van der Waals surface area contributed by atoms with Gasteiger partial charge in [-0.05, 0) is 36.6 Å². The number of rotatable bonds is 5. The van der Waals surface area contributed by atoms with E-state index in [1.165, 1.54) is 19.2 Å². The van der Waals surface area contributed by atoms with Gasteiger partial charge in [-0.15, -0.1) is 11.3 Å². The zero-order valence-electron chi connectivity index (χ0n) is 14.4. The van der Waals surface area contributed by atoms with Gasteiger partial charge >= 0.3 is 0 Å². The molecule has 0 radical (unpaired) electrons. The number of carbonyl (C=O) groups is 1. The van der Waals surface area contributed by atoms with Crippen molar-refractivity contribution >= 4 is 44.6 Å². The molecule has 0 saturated carbocycles.